The Morgan fingerprint density at radius 3 is 2.50 bits per heavy atom. The minimum Gasteiger partial charge on any atom is -0.465 e. The molecule has 18 heavy (non-hydrogen) atoms. The lowest BCUT2D eigenvalue weighted by atomic mass is 10.1. The fourth-order valence-electron chi connectivity index (χ4n) is 1.13. The number of halogens is 4. The first-order valence-electron chi connectivity index (χ1n) is 4.36. The number of methoxy groups -OCH3 is 1. The number of hydrogen-bond donors (Lipinski definition) is 0. The highest BCUT2D eigenvalue weighted by molar-refractivity contribution is 14.1. The van der Waals surface area contributed by atoms with Crippen LogP contribution in [-0.2, 0) is 4.74 Å². The highest BCUT2D eigenvalue weighted by Crippen LogP contribution is 2.32. The summed E-state index contributed by atoms with van der Waals surface area (Å²) in [6.07, 6.45) is -4.90. The Hall–Kier alpha value is -1.50. The molecule has 0 N–H and O–H groups in total. The molecule has 0 radical (unpaired) electrons. The van der Waals surface area contributed by atoms with Gasteiger partial charge in [0.1, 0.15) is 6.07 Å². The zero-order chi connectivity index (χ0) is 13.9. The Kier molecular flexibility index (Phi) is 4.39. The summed E-state index contributed by atoms with van der Waals surface area (Å²) in [6.45, 7) is 0. The number of carbonyl (C=O) groups excluding carboxylic acids is 1. The second-order valence-corrected chi connectivity index (χ2v) is 4.15. The average Bonchev–Trinajstić information content (AvgIpc) is 2.28. The molecule has 0 aliphatic carbocycles. The maximum atomic E-state index is 12.1. The van der Waals surface area contributed by atoms with E-state index in [0.29, 0.717) is 0 Å². The van der Waals surface area contributed by atoms with Crippen molar-refractivity contribution < 1.29 is 27.4 Å². The van der Waals surface area contributed by atoms with Gasteiger partial charge in [-0.15, -0.1) is 13.2 Å². The molecule has 4 nitrogen and oxygen atoms in total. The van der Waals surface area contributed by atoms with Gasteiger partial charge in [0.25, 0.3) is 0 Å². The molecular weight excluding hydrogens is 366 g/mol. The summed E-state index contributed by atoms with van der Waals surface area (Å²) in [4.78, 5) is 11.2. The number of benzene rings is 1. The van der Waals surface area contributed by atoms with Crippen LogP contribution < -0.4 is 4.74 Å². The van der Waals surface area contributed by atoms with Crippen LogP contribution in [0.25, 0.3) is 0 Å². The van der Waals surface area contributed by atoms with Crippen LogP contribution in [0, 0.1) is 14.9 Å². The van der Waals surface area contributed by atoms with Crippen LogP contribution in [0.3, 0.4) is 0 Å². The molecule has 0 spiro atoms. The summed E-state index contributed by atoms with van der Waals surface area (Å²) >= 11 is 1.54. The van der Waals surface area contributed by atoms with E-state index in [1.165, 1.54) is 0 Å². The van der Waals surface area contributed by atoms with E-state index < -0.39 is 18.1 Å². The summed E-state index contributed by atoms with van der Waals surface area (Å²) in [7, 11) is 1.13. The van der Waals surface area contributed by atoms with E-state index in [1.807, 2.05) is 0 Å². The zero-order valence-corrected chi connectivity index (χ0v) is 11.0. The molecule has 0 aliphatic heterocycles. The van der Waals surface area contributed by atoms with Gasteiger partial charge in [0.2, 0.25) is 0 Å². The molecule has 0 aliphatic rings. The highest BCUT2D eigenvalue weighted by Gasteiger charge is 2.33. The quantitative estimate of drug-likeness (QED) is 0.593. The number of hydrogen-bond acceptors (Lipinski definition) is 4. The van der Waals surface area contributed by atoms with Gasteiger partial charge in [-0.1, -0.05) is 0 Å². The van der Waals surface area contributed by atoms with Gasteiger partial charge in [-0.25, -0.2) is 4.79 Å². The number of rotatable bonds is 2. The van der Waals surface area contributed by atoms with Crippen molar-refractivity contribution in [2.45, 2.75) is 6.36 Å². The van der Waals surface area contributed by atoms with Crippen LogP contribution in [0.1, 0.15) is 15.9 Å². The third kappa shape index (κ3) is 3.49. The molecule has 8 heteroatoms. The molecule has 0 heterocycles. The van der Waals surface area contributed by atoms with E-state index in [-0.39, 0.29) is 14.7 Å². The fourth-order valence-corrected chi connectivity index (χ4v) is 1.87. The summed E-state index contributed by atoms with van der Waals surface area (Å²) in [6, 6.07) is 3.67. The number of nitrogens with zero attached hydrogens (tertiary/aromatic N) is 1. The van der Waals surface area contributed by atoms with Gasteiger partial charge in [-0.2, -0.15) is 5.26 Å². The Morgan fingerprint density at radius 2 is 2.06 bits per heavy atom. The standard InChI is InChI=1S/C10H5F3INO3/c1-17-9(16)5-2-6(4-15)8(7(14)3-5)18-10(11,12)13/h2-3H,1H3. The maximum Gasteiger partial charge on any atom is 0.573 e. The van der Waals surface area contributed by atoms with Gasteiger partial charge < -0.3 is 9.47 Å². The van der Waals surface area contributed by atoms with Gasteiger partial charge in [-0.05, 0) is 34.7 Å². The van der Waals surface area contributed by atoms with Crippen LogP contribution >= 0.6 is 22.6 Å². The molecule has 1 rings (SSSR count). The molecule has 0 aromatic heterocycles. The highest BCUT2D eigenvalue weighted by atomic mass is 127. The lowest BCUT2D eigenvalue weighted by molar-refractivity contribution is -0.275. The van der Waals surface area contributed by atoms with Crippen molar-refractivity contribution in [3.05, 3.63) is 26.8 Å². The van der Waals surface area contributed by atoms with Gasteiger partial charge in [0.05, 0.1) is 21.8 Å². The van der Waals surface area contributed by atoms with Crippen molar-refractivity contribution in [2.75, 3.05) is 7.11 Å². The topological polar surface area (TPSA) is 59.3 Å². The largest absolute Gasteiger partial charge is 0.573 e. The molecule has 0 unspecified atom stereocenters. The van der Waals surface area contributed by atoms with Gasteiger partial charge in [-0.3, -0.25) is 0 Å². The molecule has 0 atom stereocenters. The Morgan fingerprint density at radius 1 is 1.44 bits per heavy atom. The number of ether oxygens (including phenoxy) is 2. The third-order valence-electron chi connectivity index (χ3n) is 1.80. The molecule has 0 saturated heterocycles. The van der Waals surface area contributed by atoms with E-state index in [9.17, 15) is 18.0 Å². The van der Waals surface area contributed by atoms with E-state index in [1.54, 1.807) is 28.7 Å². The molecule has 0 amide bonds. The summed E-state index contributed by atoms with van der Waals surface area (Å²) in [5.74, 6) is -1.37. The monoisotopic (exact) mass is 371 g/mol. The summed E-state index contributed by atoms with van der Waals surface area (Å²) in [5, 5.41) is 8.77. The number of carbonyl (C=O) groups is 1. The Balaban J connectivity index is 3.30. The van der Waals surface area contributed by atoms with Crippen molar-refractivity contribution in [2.24, 2.45) is 0 Å². The average molecular weight is 371 g/mol. The molecule has 1 aromatic rings. The van der Waals surface area contributed by atoms with E-state index in [2.05, 4.69) is 9.47 Å². The van der Waals surface area contributed by atoms with Crippen LogP contribution in [0.15, 0.2) is 12.1 Å². The van der Waals surface area contributed by atoms with Gasteiger partial charge in [0, 0.05) is 0 Å². The minimum atomic E-state index is -4.90. The second-order valence-electron chi connectivity index (χ2n) is 2.99. The van der Waals surface area contributed by atoms with E-state index in [4.69, 9.17) is 5.26 Å². The van der Waals surface area contributed by atoms with Crippen LogP contribution in [0.5, 0.6) is 5.75 Å². The number of esters is 1. The molecule has 96 valence electrons. The van der Waals surface area contributed by atoms with Crippen LogP contribution in [-0.4, -0.2) is 19.4 Å². The SMILES string of the molecule is COC(=O)c1cc(I)c(OC(F)(F)F)c(C#N)c1. The zero-order valence-electron chi connectivity index (χ0n) is 8.84. The number of alkyl halides is 3. The van der Waals surface area contributed by atoms with Crippen LogP contribution in [0.2, 0.25) is 0 Å². The van der Waals surface area contributed by atoms with Crippen molar-refractivity contribution >= 4 is 28.6 Å². The summed E-state index contributed by atoms with van der Waals surface area (Å²) in [5.41, 5.74) is -0.410. The number of nitriles is 1. The van der Waals surface area contributed by atoms with Gasteiger partial charge in [0.15, 0.2) is 5.75 Å². The Labute approximate surface area is 113 Å². The normalized spacial score (nSPS) is 10.7. The van der Waals surface area contributed by atoms with Crippen molar-refractivity contribution in [3.8, 4) is 11.8 Å². The lowest BCUT2D eigenvalue weighted by Gasteiger charge is -2.12. The Bertz CT molecular complexity index is 522. The third-order valence-corrected chi connectivity index (χ3v) is 2.60. The fraction of sp³-hybridized carbons (Fsp3) is 0.200. The molecular formula is C10H5F3INO3. The van der Waals surface area contributed by atoms with E-state index in [0.717, 1.165) is 19.2 Å². The summed E-state index contributed by atoms with van der Waals surface area (Å²) < 4.78 is 44.6. The minimum absolute atomic E-state index is 0.00984. The van der Waals surface area contributed by atoms with Crippen molar-refractivity contribution in [3.63, 3.8) is 0 Å². The first kappa shape index (κ1) is 14.6. The van der Waals surface area contributed by atoms with Crippen LogP contribution in [0.4, 0.5) is 13.2 Å². The molecule has 0 bridgehead atoms. The second kappa shape index (κ2) is 5.43. The molecule has 0 fully saturated rings. The van der Waals surface area contributed by atoms with E-state index >= 15 is 0 Å². The smallest absolute Gasteiger partial charge is 0.465 e. The maximum absolute atomic E-state index is 12.1. The molecule has 1 aromatic carbocycles. The predicted octanol–water partition coefficient (Wildman–Crippen LogP) is 2.85. The van der Waals surface area contributed by atoms with Gasteiger partial charge >= 0.3 is 12.3 Å². The first-order valence-corrected chi connectivity index (χ1v) is 5.44. The predicted molar refractivity (Wildman–Crippen MR) is 61.9 cm³/mol. The van der Waals surface area contributed by atoms with Crippen molar-refractivity contribution in [1.82, 2.24) is 0 Å². The lowest BCUT2D eigenvalue weighted by Crippen LogP contribution is -2.19. The molecule has 0 saturated carbocycles. The van der Waals surface area contributed by atoms with Crippen molar-refractivity contribution in [1.29, 1.82) is 5.26 Å². The first-order chi connectivity index (χ1) is 8.28.